The number of amides is 2. The first-order valence-electron chi connectivity index (χ1n) is 8.42. The van der Waals surface area contributed by atoms with Crippen molar-refractivity contribution < 1.29 is 19.1 Å². The molecule has 27 heavy (non-hydrogen) atoms. The molecular weight excluding hydrogens is 412 g/mol. The summed E-state index contributed by atoms with van der Waals surface area (Å²) in [5.41, 5.74) is 2.06. The highest BCUT2D eigenvalue weighted by Gasteiger charge is 2.15. The van der Waals surface area contributed by atoms with Crippen molar-refractivity contribution in [1.29, 1.82) is 0 Å². The molecule has 0 saturated carbocycles. The second-order valence-electron chi connectivity index (χ2n) is 6.11. The van der Waals surface area contributed by atoms with Gasteiger partial charge in [0.2, 0.25) is 0 Å². The predicted molar refractivity (Wildman–Crippen MR) is 106 cm³/mol. The molecule has 0 heterocycles. The first-order chi connectivity index (χ1) is 12.8. The molecule has 0 aliphatic carbocycles. The molecule has 0 fully saturated rings. The number of hydrogen-bond donors (Lipinski definition) is 2. The van der Waals surface area contributed by atoms with Gasteiger partial charge in [-0.15, -0.1) is 0 Å². The summed E-state index contributed by atoms with van der Waals surface area (Å²) >= 11 is 3.35. The number of benzene rings is 2. The van der Waals surface area contributed by atoms with E-state index < -0.39 is 17.9 Å². The zero-order valence-electron chi connectivity index (χ0n) is 15.1. The maximum Gasteiger partial charge on any atom is 0.308 e. The highest BCUT2D eigenvalue weighted by Crippen LogP contribution is 2.19. The molecule has 0 spiro atoms. The van der Waals surface area contributed by atoms with Gasteiger partial charge >= 0.3 is 5.97 Å². The first-order valence-corrected chi connectivity index (χ1v) is 9.22. The lowest BCUT2D eigenvalue weighted by atomic mass is 10.2. The molecule has 0 bridgehead atoms. The molecule has 142 valence electrons. The number of ether oxygens (including phenoxy) is 1. The molecule has 2 amide bonds. The third-order valence-corrected chi connectivity index (χ3v) is 4.21. The minimum absolute atomic E-state index is 0.0246. The fourth-order valence-corrected chi connectivity index (χ4v) is 2.83. The van der Waals surface area contributed by atoms with Crippen LogP contribution in [0.2, 0.25) is 0 Å². The van der Waals surface area contributed by atoms with Gasteiger partial charge in [0.1, 0.15) is 0 Å². The molecule has 0 aliphatic heterocycles. The number of aryl methyl sites for hydroxylation is 1. The van der Waals surface area contributed by atoms with Crippen molar-refractivity contribution in [3.63, 3.8) is 0 Å². The quantitative estimate of drug-likeness (QED) is 0.656. The molecule has 1 atom stereocenters. The van der Waals surface area contributed by atoms with Crippen molar-refractivity contribution in [3.05, 3.63) is 64.1 Å². The van der Waals surface area contributed by atoms with E-state index in [4.69, 9.17) is 4.74 Å². The first kappa shape index (κ1) is 20.6. The summed E-state index contributed by atoms with van der Waals surface area (Å²) in [5.74, 6) is -1.24. The van der Waals surface area contributed by atoms with Crippen LogP contribution in [0.1, 0.15) is 29.3 Å². The van der Waals surface area contributed by atoms with E-state index >= 15 is 0 Å². The predicted octanol–water partition coefficient (Wildman–Crippen LogP) is 3.45. The summed E-state index contributed by atoms with van der Waals surface area (Å²) in [6.07, 6.45) is -0.0246. The second-order valence-corrected chi connectivity index (χ2v) is 7.03. The number of hydrogen-bond acceptors (Lipinski definition) is 4. The molecule has 0 aromatic heterocycles. The van der Waals surface area contributed by atoms with Gasteiger partial charge < -0.3 is 15.4 Å². The Labute approximate surface area is 166 Å². The largest absolute Gasteiger partial charge is 0.455 e. The van der Waals surface area contributed by atoms with Crippen molar-refractivity contribution in [2.75, 3.05) is 11.9 Å². The number of anilines is 1. The Morgan fingerprint density at radius 2 is 1.81 bits per heavy atom. The van der Waals surface area contributed by atoms with E-state index in [-0.39, 0.29) is 18.9 Å². The summed E-state index contributed by atoms with van der Waals surface area (Å²) in [6, 6.07) is 13.8. The van der Waals surface area contributed by atoms with E-state index in [1.807, 2.05) is 25.1 Å². The number of carbonyl (C=O) groups is 3. The van der Waals surface area contributed by atoms with Crippen LogP contribution in [0.5, 0.6) is 0 Å². The van der Waals surface area contributed by atoms with Gasteiger partial charge in [-0.1, -0.05) is 34.1 Å². The third-order valence-electron chi connectivity index (χ3n) is 3.71. The van der Waals surface area contributed by atoms with Gasteiger partial charge in [-0.25, -0.2) is 0 Å². The molecule has 1 unspecified atom stereocenters. The number of rotatable bonds is 7. The number of halogens is 1. The smallest absolute Gasteiger partial charge is 0.308 e. The minimum atomic E-state index is -0.557. The Morgan fingerprint density at radius 1 is 1.11 bits per heavy atom. The van der Waals surface area contributed by atoms with E-state index in [9.17, 15) is 14.4 Å². The number of esters is 1. The van der Waals surface area contributed by atoms with Crippen LogP contribution in [0.15, 0.2) is 53.0 Å². The monoisotopic (exact) mass is 432 g/mol. The minimum Gasteiger partial charge on any atom is -0.455 e. The zero-order valence-corrected chi connectivity index (χ0v) is 16.7. The molecule has 7 heteroatoms. The van der Waals surface area contributed by atoms with Crippen molar-refractivity contribution in [2.45, 2.75) is 26.3 Å². The van der Waals surface area contributed by atoms with Crippen molar-refractivity contribution in [1.82, 2.24) is 5.32 Å². The summed E-state index contributed by atoms with van der Waals surface area (Å²) in [5, 5.41) is 5.42. The normalized spacial score (nSPS) is 11.4. The van der Waals surface area contributed by atoms with Gasteiger partial charge in [0.15, 0.2) is 6.61 Å². The van der Waals surface area contributed by atoms with Crippen LogP contribution < -0.4 is 10.6 Å². The van der Waals surface area contributed by atoms with Crippen LogP contribution in [0.3, 0.4) is 0 Å². The van der Waals surface area contributed by atoms with Crippen LogP contribution in [0.25, 0.3) is 0 Å². The SMILES string of the molecule is Cc1cc(Br)ccc1NC(=O)COC(=O)CC(C)NC(=O)c1ccccc1. The van der Waals surface area contributed by atoms with E-state index in [2.05, 4.69) is 26.6 Å². The average Bonchev–Trinajstić information content (AvgIpc) is 2.63. The Hall–Kier alpha value is -2.67. The third kappa shape index (κ3) is 6.86. The van der Waals surface area contributed by atoms with Gasteiger partial charge in [0.25, 0.3) is 11.8 Å². The average molecular weight is 433 g/mol. The lowest BCUT2D eigenvalue weighted by Crippen LogP contribution is -2.35. The maximum atomic E-state index is 12.0. The molecule has 0 saturated heterocycles. The highest BCUT2D eigenvalue weighted by molar-refractivity contribution is 9.10. The van der Waals surface area contributed by atoms with Crippen molar-refractivity contribution in [3.8, 4) is 0 Å². The highest BCUT2D eigenvalue weighted by atomic mass is 79.9. The van der Waals surface area contributed by atoms with Crippen LogP contribution >= 0.6 is 15.9 Å². The Morgan fingerprint density at radius 3 is 2.48 bits per heavy atom. The Balaban J connectivity index is 1.75. The van der Waals surface area contributed by atoms with Gasteiger partial charge in [-0.2, -0.15) is 0 Å². The summed E-state index contributed by atoms with van der Waals surface area (Å²) in [4.78, 5) is 35.8. The second kappa shape index (κ2) is 9.87. The van der Waals surface area contributed by atoms with Crippen LogP contribution in [0.4, 0.5) is 5.69 Å². The molecule has 6 nitrogen and oxygen atoms in total. The lowest BCUT2D eigenvalue weighted by molar-refractivity contribution is -0.147. The number of carbonyl (C=O) groups excluding carboxylic acids is 3. The van der Waals surface area contributed by atoms with E-state index in [1.165, 1.54) is 0 Å². The van der Waals surface area contributed by atoms with Gasteiger partial charge in [-0.05, 0) is 49.7 Å². The van der Waals surface area contributed by atoms with E-state index in [1.54, 1.807) is 37.3 Å². The van der Waals surface area contributed by atoms with Crippen LogP contribution in [-0.4, -0.2) is 30.4 Å². The fourth-order valence-electron chi connectivity index (χ4n) is 2.36. The molecule has 0 radical (unpaired) electrons. The van der Waals surface area contributed by atoms with Crippen LogP contribution in [0, 0.1) is 6.92 Å². The summed E-state index contributed by atoms with van der Waals surface area (Å²) < 4.78 is 5.90. The molecule has 0 aliphatic rings. The molecule has 2 N–H and O–H groups in total. The Bertz CT molecular complexity index is 824. The van der Waals surface area contributed by atoms with Gasteiger partial charge in [0, 0.05) is 21.8 Å². The van der Waals surface area contributed by atoms with E-state index in [0.29, 0.717) is 11.3 Å². The van der Waals surface area contributed by atoms with Crippen molar-refractivity contribution >= 4 is 39.4 Å². The standard InChI is InChI=1S/C20H21BrN2O4/c1-13-10-16(21)8-9-17(13)23-18(24)12-27-19(25)11-14(2)22-20(26)15-6-4-3-5-7-15/h3-10,14H,11-12H2,1-2H3,(H,22,26)(H,23,24). The molecular formula is C20H21BrN2O4. The topological polar surface area (TPSA) is 84.5 Å². The summed E-state index contributed by atoms with van der Waals surface area (Å²) in [7, 11) is 0. The summed E-state index contributed by atoms with van der Waals surface area (Å²) in [6.45, 7) is 3.19. The fraction of sp³-hybridized carbons (Fsp3) is 0.250. The molecule has 2 aromatic rings. The van der Waals surface area contributed by atoms with Gasteiger partial charge in [0.05, 0.1) is 6.42 Å². The van der Waals surface area contributed by atoms with E-state index in [0.717, 1.165) is 10.0 Å². The van der Waals surface area contributed by atoms with Crippen LogP contribution in [-0.2, 0) is 14.3 Å². The van der Waals surface area contributed by atoms with Crippen molar-refractivity contribution in [2.24, 2.45) is 0 Å². The maximum absolute atomic E-state index is 12.0. The van der Waals surface area contributed by atoms with Gasteiger partial charge in [-0.3, -0.25) is 14.4 Å². The lowest BCUT2D eigenvalue weighted by Gasteiger charge is -2.14. The number of nitrogens with one attached hydrogen (secondary N) is 2. The Kier molecular flexibility index (Phi) is 7.55. The zero-order chi connectivity index (χ0) is 19.8. The molecule has 2 aromatic carbocycles. The molecule has 2 rings (SSSR count).